The van der Waals surface area contributed by atoms with E-state index in [0.717, 1.165) is 43.2 Å². The lowest BCUT2D eigenvalue weighted by Gasteiger charge is -2.09. The third kappa shape index (κ3) is 8.82. The summed E-state index contributed by atoms with van der Waals surface area (Å²) in [6, 6.07) is 20.2. The molecule has 0 saturated heterocycles. The molecule has 192 valence electrons. The number of ether oxygens (including phenoxy) is 2. The molecular formula is C32H39FO3. The van der Waals surface area contributed by atoms with Crippen LogP contribution in [0.2, 0.25) is 0 Å². The Labute approximate surface area is 215 Å². The van der Waals surface area contributed by atoms with Crippen LogP contribution in [-0.4, -0.2) is 12.6 Å². The molecule has 0 heterocycles. The van der Waals surface area contributed by atoms with E-state index in [4.69, 9.17) is 9.47 Å². The second kappa shape index (κ2) is 15.1. The first-order valence-corrected chi connectivity index (χ1v) is 13.4. The van der Waals surface area contributed by atoms with Crippen molar-refractivity contribution in [1.29, 1.82) is 0 Å². The molecule has 0 atom stereocenters. The Morgan fingerprint density at radius 1 is 0.722 bits per heavy atom. The van der Waals surface area contributed by atoms with Crippen LogP contribution >= 0.6 is 0 Å². The van der Waals surface area contributed by atoms with Crippen molar-refractivity contribution in [2.75, 3.05) is 6.61 Å². The summed E-state index contributed by atoms with van der Waals surface area (Å²) in [6.07, 6.45) is 11.8. The maximum absolute atomic E-state index is 14.4. The molecule has 0 radical (unpaired) electrons. The molecule has 0 spiro atoms. The molecule has 0 aliphatic carbocycles. The normalized spacial score (nSPS) is 10.9. The van der Waals surface area contributed by atoms with E-state index in [1.165, 1.54) is 55.9 Å². The highest BCUT2D eigenvalue weighted by molar-refractivity contribution is 5.91. The van der Waals surface area contributed by atoms with Crippen molar-refractivity contribution in [2.24, 2.45) is 0 Å². The Bertz CT molecular complexity index is 1060. The predicted octanol–water partition coefficient (Wildman–Crippen LogP) is 9.18. The van der Waals surface area contributed by atoms with Gasteiger partial charge in [0.15, 0.2) is 11.6 Å². The number of hydrogen-bond donors (Lipinski definition) is 0. The minimum atomic E-state index is -0.598. The summed E-state index contributed by atoms with van der Waals surface area (Å²) in [7, 11) is 0. The van der Waals surface area contributed by atoms with Crippen molar-refractivity contribution < 1.29 is 18.7 Å². The van der Waals surface area contributed by atoms with Gasteiger partial charge in [-0.05, 0) is 66.3 Å². The number of esters is 1. The van der Waals surface area contributed by atoms with E-state index in [2.05, 4.69) is 38.1 Å². The highest BCUT2D eigenvalue weighted by atomic mass is 19.1. The standard InChI is InChI=1S/C32H39FO3/c1-3-5-7-9-10-12-25-13-15-26(16-14-25)27-17-20-29(21-18-27)36-32(34)28-19-22-31(30(33)24-28)35-23-11-8-6-4-2/h13-22,24H,3-12,23H2,1-2H3. The van der Waals surface area contributed by atoms with Gasteiger partial charge < -0.3 is 9.47 Å². The van der Waals surface area contributed by atoms with Crippen LogP contribution in [0.15, 0.2) is 66.7 Å². The van der Waals surface area contributed by atoms with Crippen LogP contribution < -0.4 is 9.47 Å². The molecule has 0 bridgehead atoms. The maximum Gasteiger partial charge on any atom is 0.343 e. The smallest absolute Gasteiger partial charge is 0.343 e. The van der Waals surface area contributed by atoms with Crippen LogP contribution in [0.1, 0.15) is 87.6 Å². The fraction of sp³-hybridized carbons (Fsp3) is 0.406. The van der Waals surface area contributed by atoms with Gasteiger partial charge in [-0.25, -0.2) is 9.18 Å². The fourth-order valence-electron chi connectivity index (χ4n) is 4.13. The van der Waals surface area contributed by atoms with E-state index in [9.17, 15) is 9.18 Å². The van der Waals surface area contributed by atoms with Gasteiger partial charge in [-0.15, -0.1) is 0 Å². The first-order valence-electron chi connectivity index (χ1n) is 13.4. The second-order valence-electron chi connectivity index (χ2n) is 9.33. The van der Waals surface area contributed by atoms with Crippen LogP contribution in [0, 0.1) is 5.82 Å². The first kappa shape index (κ1) is 27.4. The second-order valence-corrected chi connectivity index (χ2v) is 9.33. The van der Waals surface area contributed by atoms with Crippen molar-refractivity contribution >= 4 is 5.97 Å². The molecule has 3 aromatic rings. The molecule has 0 unspecified atom stereocenters. The molecule has 3 rings (SSSR count). The van der Waals surface area contributed by atoms with E-state index >= 15 is 0 Å². The van der Waals surface area contributed by atoms with Gasteiger partial charge in [-0.3, -0.25) is 0 Å². The van der Waals surface area contributed by atoms with Crippen molar-refractivity contribution in [3.63, 3.8) is 0 Å². The summed E-state index contributed by atoms with van der Waals surface area (Å²) in [5.74, 6) is -0.571. The number of halogens is 1. The van der Waals surface area contributed by atoms with Gasteiger partial charge in [0.2, 0.25) is 0 Å². The van der Waals surface area contributed by atoms with E-state index in [0.29, 0.717) is 12.4 Å². The van der Waals surface area contributed by atoms with Crippen molar-refractivity contribution in [3.8, 4) is 22.6 Å². The lowest BCUT2D eigenvalue weighted by Crippen LogP contribution is -2.09. The molecule has 0 saturated carbocycles. The molecule has 0 fully saturated rings. The summed E-state index contributed by atoms with van der Waals surface area (Å²) in [4.78, 5) is 12.5. The molecule has 0 N–H and O–H groups in total. The Hall–Kier alpha value is -3.14. The molecule has 0 aliphatic rings. The molecule has 0 aromatic heterocycles. The molecule has 36 heavy (non-hydrogen) atoms. The number of carbonyl (C=O) groups is 1. The minimum Gasteiger partial charge on any atom is -0.491 e. The van der Waals surface area contributed by atoms with Gasteiger partial charge in [0.25, 0.3) is 0 Å². The van der Waals surface area contributed by atoms with E-state index in [1.54, 1.807) is 12.1 Å². The van der Waals surface area contributed by atoms with Gasteiger partial charge in [-0.1, -0.05) is 95.2 Å². The van der Waals surface area contributed by atoms with Gasteiger partial charge >= 0.3 is 5.97 Å². The van der Waals surface area contributed by atoms with Gasteiger partial charge in [0.05, 0.1) is 12.2 Å². The van der Waals surface area contributed by atoms with Crippen LogP contribution in [0.5, 0.6) is 11.5 Å². The summed E-state index contributed by atoms with van der Waals surface area (Å²) < 4.78 is 25.3. The summed E-state index contributed by atoms with van der Waals surface area (Å²) in [5.41, 5.74) is 3.69. The number of hydrogen-bond acceptors (Lipinski definition) is 3. The van der Waals surface area contributed by atoms with Gasteiger partial charge in [0.1, 0.15) is 5.75 Å². The minimum absolute atomic E-state index is 0.153. The summed E-state index contributed by atoms with van der Waals surface area (Å²) in [6.45, 7) is 4.85. The lowest BCUT2D eigenvalue weighted by atomic mass is 10.0. The average Bonchev–Trinajstić information content (AvgIpc) is 2.90. The van der Waals surface area contributed by atoms with E-state index in [-0.39, 0.29) is 11.3 Å². The van der Waals surface area contributed by atoms with Crippen LogP contribution in [0.3, 0.4) is 0 Å². The van der Waals surface area contributed by atoms with Crippen LogP contribution in [-0.2, 0) is 6.42 Å². The zero-order valence-corrected chi connectivity index (χ0v) is 21.7. The Kier molecular flexibility index (Phi) is 11.5. The number of unbranched alkanes of at least 4 members (excludes halogenated alkanes) is 7. The maximum atomic E-state index is 14.4. The first-order chi connectivity index (χ1) is 17.6. The number of aryl methyl sites for hydroxylation is 1. The van der Waals surface area contributed by atoms with Crippen molar-refractivity contribution in [2.45, 2.75) is 78.1 Å². The van der Waals surface area contributed by atoms with E-state index in [1.807, 2.05) is 12.1 Å². The van der Waals surface area contributed by atoms with Crippen molar-refractivity contribution in [3.05, 3.63) is 83.7 Å². The molecule has 3 nitrogen and oxygen atoms in total. The SMILES string of the molecule is CCCCCCCc1ccc(-c2ccc(OC(=O)c3ccc(OCCCCCC)c(F)c3)cc2)cc1. The molecule has 0 aliphatic heterocycles. The topological polar surface area (TPSA) is 35.5 Å². The Balaban J connectivity index is 1.50. The average molecular weight is 491 g/mol. The van der Waals surface area contributed by atoms with Crippen LogP contribution in [0.25, 0.3) is 11.1 Å². The predicted molar refractivity (Wildman–Crippen MR) is 145 cm³/mol. The van der Waals surface area contributed by atoms with E-state index < -0.39 is 11.8 Å². The monoisotopic (exact) mass is 490 g/mol. The van der Waals surface area contributed by atoms with Crippen molar-refractivity contribution in [1.82, 2.24) is 0 Å². The lowest BCUT2D eigenvalue weighted by molar-refractivity contribution is 0.0734. The highest BCUT2D eigenvalue weighted by Crippen LogP contribution is 2.25. The molecular weight excluding hydrogens is 451 g/mol. The van der Waals surface area contributed by atoms with Crippen LogP contribution in [0.4, 0.5) is 4.39 Å². The fourth-order valence-corrected chi connectivity index (χ4v) is 4.13. The summed E-state index contributed by atoms with van der Waals surface area (Å²) >= 11 is 0. The molecule has 0 amide bonds. The van der Waals surface area contributed by atoms with Gasteiger partial charge in [-0.2, -0.15) is 0 Å². The molecule has 3 aromatic carbocycles. The summed E-state index contributed by atoms with van der Waals surface area (Å²) in [5, 5.41) is 0. The quantitative estimate of drug-likeness (QED) is 0.121. The van der Waals surface area contributed by atoms with Gasteiger partial charge in [0, 0.05) is 0 Å². The number of benzene rings is 3. The third-order valence-electron chi connectivity index (χ3n) is 6.34. The zero-order chi connectivity index (χ0) is 25.6. The number of carbonyl (C=O) groups excluding carboxylic acids is 1. The molecule has 4 heteroatoms. The Morgan fingerprint density at radius 2 is 1.33 bits per heavy atom. The zero-order valence-electron chi connectivity index (χ0n) is 21.7. The number of rotatable bonds is 15. The Morgan fingerprint density at radius 3 is 1.97 bits per heavy atom. The largest absolute Gasteiger partial charge is 0.491 e. The third-order valence-corrected chi connectivity index (χ3v) is 6.34. The highest BCUT2D eigenvalue weighted by Gasteiger charge is 2.13.